The summed E-state index contributed by atoms with van der Waals surface area (Å²) in [5, 5.41) is 20.9. The number of rotatable bonds is 5. The molecule has 1 aliphatic carbocycles. The summed E-state index contributed by atoms with van der Waals surface area (Å²) in [6.07, 6.45) is 4.03. The van der Waals surface area contributed by atoms with Gasteiger partial charge < -0.3 is 10.2 Å². The number of hydrogen-bond donors (Lipinski definition) is 2. The minimum Gasteiger partial charge on any atom is -0.512 e. The van der Waals surface area contributed by atoms with Crippen molar-refractivity contribution >= 4 is 6.08 Å². The van der Waals surface area contributed by atoms with E-state index in [1.165, 1.54) is 16.7 Å². The van der Waals surface area contributed by atoms with E-state index >= 15 is 0 Å². The SMILES string of the molecule is CCC(CC)C1C(O)=Cc2ccc(C)c(-c3ccc(C(C)(C)O)cc3)c21. The molecule has 138 valence electrons. The highest BCUT2D eigenvalue weighted by molar-refractivity contribution is 5.80. The van der Waals surface area contributed by atoms with E-state index in [1.807, 2.05) is 18.2 Å². The van der Waals surface area contributed by atoms with E-state index < -0.39 is 5.60 Å². The van der Waals surface area contributed by atoms with Crippen molar-refractivity contribution in [2.45, 2.75) is 59.0 Å². The molecular formula is C24H30O2. The van der Waals surface area contributed by atoms with Crippen LogP contribution < -0.4 is 0 Å². The highest BCUT2D eigenvalue weighted by Gasteiger charge is 2.33. The summed E-state index contributed by atoms with van der Waals surface area (Å²) in [4.78, 5) is 0. The van der Waals surface area contributed by atoms with Gasteiger partial charge in [0.25, 0.3) is 0 Å². The fourth-order valence-corrected chi connectivity index (χ4v) is 4.27. The van der Waals surface area contributed by atoms with Crippen molar-refractivity contribution in [1.29, 1.82) is 0 Å². The van der Waals surface area contributed by atoms with Crippen molar-refractivity contribution in [2.75, 3.05) is 0 Å². The van der Waals surface area contributed by atoms with Crippen molar-refractivity contribution in [3.8, 4) is 11.1 Å². The Kier molecular flexibility index (Phi) is 4.98. The molecule has 2 N–H and O–H groups in total. The second kappa shape index (κ2) is 6.92. The Hall–Kier alpha value is -2.06. The van der Waals surface area contributed by atoms with Gasteiger partial charge in [-0.25, -0.2) is 0 Å². The molecule has 0 heterocycles. The van der Waals surface area contributed by atoms with E-state index in [2.05, 4.69) is 45.0 Å². The van der Waals surface area contributed by atoms with Crippen LogP contribution in [-0.4, -0.2) is 10.2 Å². The molecule has 3 rings (SSSR count). The number of aryl methyl sites for hydroxylation is 1. The minimum absolute atomic E-state index is 0.0730. The molecule has 0 spiro atoms. The number of aliphatic hydroxyl groups is 2. The van der Waals surface area contributed by atoms with Gasteiger partial charge in [-0.1, -0.05) is 63.1 Å². The molecule has 0 saturated heterocycles. The molecule has 2 aromatic rings. The van der Waals surface area contributed by atoms with Gasteiger partial charge >= 0.3 is 0 Å². The third-order valence-corrected chi connectivity index (χ3v) is 5.82. The van der Waals surface area contributed by atoms with Crippen molar-refractivity contribution in [3.63, 3.8) is 0 Å². The Morgan fingerprint density at radius 2 is 1.62 bits per heavy atom. The molecule has 2 aromatic carbocycles. The van der Waals surface area contributed by atoms with E-state index in [1.54, 1.807) is 13.8 Å². The lowest BCUT2D eigenvalue weighted by molar-refractivity contribution is 0.0786. The van der Waals surface area contributed by atoms with Gasteiger partial charge in [-0.05, 0) is 66.1 Å². The van der Waals surface area contributed by atoms with Gasteiger partial charge in [0.2, 0.25) is 0 Å². The standard InChI is InChI=1S/C24H30O2/c1-6-16(7-2)22-20(25)14-18-9-8-15(3)21(23(18)22)17-10-12-19(13-11-17)24(4,5)26/h8-14,16,22,25-26H,6-7H2,1-5H3. The first-order chi connectivity index (χ1) is 12.3. The maximum Gasteiger partial charge on any atom is 0.101 e. The maximum absolute atomic E-state index is 10.7. The van der Waals surface area contributed by atoms with Gasteiger partial charge in [-0.3, -0.25) is 0 Å². The second-order valence-corrected chi connectivity index (χ2v) is 8.02. The zero-order chi connectivity index (χ0) is 19.1. The lowest BCUT2D eigenvalue weighted by Gasteiger charge is -2.26. The molecule has 1 aliphatic rings. The number of hydrogen-bond acceptors (Lipinski definition) is 2. The topological polar surface area (TPSA) is 40.5 Å². The van der Waals surface area contributed by atoms with Crippen molar-refractivity contribution in [1.82, 2.24) is 0 Å². The lowest BCUT2D eigenvalue weighted by atomic mass is 9.78. The van der Waals surface area contributed by atoms with Gasteiger partial charge in [0.05, 0.1) is 5.60 Å². The summed E-state index contributed by atoms with van der Waals surface area (Å²) < 4.78 is 0. The van der Waals surface area contributed by atoms with Gasteiger partial charge in [0.15, 0.2) is 0 Å². The molecule has 0 fully saturated rings. The third-order valence-electron chi connectivity index (χ3n) is 5.82. The van der Waals surface area contributed by atoms with Crippen LogP contribution in [0.3, 0.4) is 0 Å². The molecule has 0 aromatic heterocycles. The van der Waals surface area contributed by atoms with Crippen LogP contribution in [0.25, 0.3) is 17.2 Å². The van der Waals surface area contributed by atoms with E-state index in [0.717, 1.165) is 29.5 Å². The predicted octanol–water partition coefficient (Wildman–Crippen LogP) is 6.32. The summed E-state index contributed by atoms with van der Waals surface area (Å²) in [5.41, 5.74) is 6.04. The first-order valence-corrected chi connectivity index (χ1v) is 9.65. The van der Waals surface area contributed by atoms with Crippen LogP contribution >= 0.6 is 0 Å². The quantitative estimate of drug-likeness (QED) is 0.662. The summed E-state index contributed by atoms with van der Waals surface area (Å²) in [6, 6.07) is 12.4. The average Bonchev–Trinajstić information content (AvgIpc) is 2.92. The van der Waals surface area contributed by atoms with Gasteiger partial charge in [0.1, 0.15) is 5.76 Å². The maximum atomic E-state index is 10.7. The zero-order valence-electron chi connectivity index (χ0n) is 16.5. The third kappa shape index (κ3) is 3.19. The van der Waals surface area contributed by atoms with Crippen molar-refractivity contribution < 1.29 is 10.2 Å². The van der Waals surface area contributed by atoms with E-state index in [0.29, 0.717) is 11.7 Å². The molecule has 1 atom stereocenters. The fourth-order valence-electron chi connectivity index (χ4n) is 4.27. The zero-order valence-corrected chi connectivity index (χ0v) is 16.5. The average molecular weight is 351 g/mol. The van der Waals surface area contributed by atoms with Crippen molar-refractivity contribution in [3.05, 3.63) is 64.4 Å². The molecule has 0 aliphatic heterocycles. The highest BCUT2D eigenvalue weighted by atomic mass is 16.3. The Morgan fingerprint density at radius 1 is 1.00 bits per heavy atom. The van der Waals surface area contributed by atoms with Gasteiger partial charge in [0, 0.05) is 5.92 Å². The van der Waals surface area contributed by atoms with Gasteiger partial charge in [-0.15, -0.1) is 0 Å². The first kappa shape index (κ1) is 18.7. The molecule has 0 amide bonds. The largest absolute Gasteiger partial charge is 0.512 e. The van der Waals surface area contributed by atoms with E-state index in [9.17, 15) is 10.2 Å². The number of benzene rings is 2. The number of fused-ring (bicyclic) bond motifs is 1. The Balaban J connectivity index is 2.15. The van der Waals surface area contributed by atoms with E-state index in [4.69, 9.17) is 0 Å². The summed E-state index contributed by atoms with van der Waals surface area (Å²) in [5.74, 6) is 1.00. The van der Waals surface area contributed by atoms with Crippen LogP contribution in [0.5, 0.6) is 0 Å². The van der Waals surface area contributed by atoms with Crippen LogP contribution in [0.15, 0.2) is 42.2 Å². The monoisotopic (exact) mass is 350 g/mol. The van der Waals surface area contributed by atoms with Crippen LogP contribution in [0.2, 0.25) is 0 Å². The Bertz CT molecular complexity index is 819. The molecule has 0 saturated carbocycles. The summed E-state index contributed by atoms with van der Waals surface area (Å²) in [7, 11) is 0. The second-order valence-electron chi connectivity index (χ2n) is 8.02. The highest BCUT2D eigenvalue weighted by Crippen LogP contribution is 2.48. The smallest absolute Gasteiger partial charge is 0.101 e. The molecule has 0 radical (unpaired) electrons. The molecule has 2 nitrogen and oxygen atoms in total. The number of aliphatic hydroxyl groups excluding tert-OH is 1. The predicted molar refractivity (Wildman–Crippen MR) is 109 cm³/mol. The van der Waals surface area contributed by atoms with Crippen molar-refractivity contribution in [2.24, 2.45) is 5.92 Å². The minimum atomic E-state index is -0.843. The van der Waals surface area contributed by atoms with Crippen LogP contribution in [-0.2, 0) is 5.60 Å². The van der Waals surface area contributed by atoms with Crippen LogP contribution in [0.1, 0.15) is 68.7 Å². The normalized spacial score (nSPS) is 16.7. The van der Waals surface area contributed by atoms with Gasteiger partial charge in [-0.2, -0.15) is 0 Å². The summed E-state index contributed by atoms with van der Waals surface area (Å²) in [6.45, 7) is 10.1. The van der Waals surface area contributed by atoms with Crippen LogP contribution in [0, 0.1) is 12.8 Å². The molecule has 2 heteroatoms. The fraction of sp³-hybridized carbons (Fsp3) is 0.417. The molecule has 1 unspecified atom stereocenters. The van der Waals surface area contributed by atoms with Crippen LogP contribution in [0.4, 0.5) is 0 Å². The van der Waals surface area contributed by atoms with E-state index in [-0.39, 0.29) is 5.92 Å². The number of allylic oxidation sites excluding steroid dienone is 1. The molecular weight excluding hydrogens is 320 g/mol. The molecule has 26 heavy (non-hydrogen) atoms. The Labute approximate surface area is 157 Å². The summed E-state index contributed by atoms with van der Waals surface area (Å²) >= 11 is 0. The molecule has 0 bridgehead atoms. The first-order valence-electron chi connectivity index (χ1n) is 9.65. The Morgan fingerprint density at radius 3 is 2.15 bits per heavy atom. The lowest BCUT2D eigenvalue weighted by Crippen LogP contribution is -2.15.